The molecule has 0 aliphatic rings. The van der Waals surface area contributed by atoms with Gasteiger partial charge in [0.15, 0.2) is 11.5 Å². The fourth-order valence-corrected chi connectivity index (χ4v) is 2.44. The van der Waals surface area contributed by atoms with Crippen LogP contribution >= 0.6 is 0 Å². The van der Waals surface area contributed by atoms with Gasteiger partial charge in [-0.25, -0.2) is 10.4 Å². The lowest BCUT2D eigenvalue weighted by molar-refractivity contribution is 0.294. The van der Waals surface area contributed by atoms with E-state index in [0.29, 0.717) is 24.1 Å². The molecule has 0 saturated heterocycles. The number of benzene rings is 2. The number of hydrazone groups is 1. The highest BCUT2D eigenvalue weighted by Gasteiger charge is 2.05. The number of hydrogen-bond donors (Lipinski definition) is 2. The molecule has 3 rings (SSSR count). The van der Waals surface area contributed by atoms with Crippen LogP contribution in [0, 0.1) is 6.92 Å². The van der Waals surface area contributed by atoms with E-state index in [9.17, 15) is 0 Å². The Bertz CT molecular complexity index is 886. The van der Waals surface area contributed by atoms with E-state index in [-0.39, 0.29) is 0 Å². The molecule has 130 valence electrons. The molecule has 0 aliphatic heterocycles. The fourth-order valence-electron chi connectivity index (χ4n) is 2.44. The Labute approximate surface area is 146 Å². The maximum atomic E-state index is 5.71. The standard InChI is InChI=1S/C19H22N4O2/c1-4-9-25-18-11-14(6-8-17(18)24-3)12-20-23-19-21-15-7-5-13(2)10-16(15)22-19/h5-8,10-12H,4,9H2,1-3H3,(H2,21,22,23)/b20-12-. The second-order valence-corrected chi connectivity index (χ2v) is 5.73. The van der Waals surface area contributed by atoms with Crippen LogP contribution in [0.3, 0.4) is 0 Å². The van der Waals surface area contributed by atoms with Crippen LogP contribution in [0.5, 0.6) is 11.5 Å². The Morgan fingerprint density at radius 2 is 2.08 bits per heavy atom. The van der Waals surface area contributed by atoms with Gasteiger partial charge in [-0.3, -0.25) is 0 Å². The molecule has 0 amide bonds. The van der Waals surface area contributed by atoms with Gasteiger partial charge >= 0.3 is 0 Å². The van der Waals surface area contributed by atoms with Crippen LogP contribution in [0.15, 0.2) is 41.5 Å². The summed E-state index contributed by atoms with van der Waals surface area (Å²) in [6.45, 7) is 4.76. The number of aromatic amines is 1. The molecule has 0 bridgehead atoms. The monoisotopic (exact) mass is 338 g/mol. The number of aromatic nitrogens is 2. The Kier molecular flexibility index (Phi) is 5.18. The summed E-state index contributed by atoms with van der Waals surface area (Å²) in [5, 5.41) is 4.24. The Hall–Kier alpha value is -3.02. The van der Waals surface area contributed by atoms with Gasteiger partial charge in [0.1, 0.15) is 0 Å². The van der Waals surface area contributed by atoms with Gasteiger partial charge in [0.25, 0.3) is 0 Å². The van der Waals surface area contributed by atoms with E-state index in [1.807, 2.05) is 37.3 Å². The Morgan fingerprint density at radius 1 is 1.20 bits per heavy atom. The van der Waals surface area contributed by atoms with Gasteiger partial charge in [0, 0.05) is 0 Å². The van der Waals surface area contributed by atoms with Crippen LogP contribution in [-0.4, -0.2) is 29.9 Å². The van der Waals surface area contributed by atoms with E-state index >= 15 is 0 Å². The van der Waals surface area contributed by atoms with Crippen molar-refractivity contribution in [3.8, 4) is 11.5 Å². The smallest absolute Gasteiger partial charge is 0.222 e. The van der Waals surface area contributed by atoms with Gasteiger partial charge in [0.05, 0.1) is 31.0 Å². The van der Waals surface area contributed by atoms with Crippen molar-refractivity contribution in [2.24, 2.45) is 5.10 Å². The number of nitrogens with zero attached hydrogens (tertiary/aromatic N) is 2. The maximum Gasteiger partial charge on any atom is 0.222 e. The lowest BCUT2D eigenvalue weighted by Crippen LogP contribution is -1.99. The van der Waals surface area contributed by atoms with Crippen molar-refractivity contribution in [1.82, 2.24) is 9.97 Å². The van der Waals surface area contributed by atoms with Gasteiger partial charge in [-0.05, 0) is 54.8 Å². The van der Waals surface area contributed by atoms with E-state index in [0.717, 1.165) is 23.0 Å². The highest BCUT2D eigenvalue weighted by atomic mass is 16.5. The van der Waals surface area contributed by atoms with Gasteiger partial charge < -0.3 is 14.5 Å². The van der Waals surface area contributed by atoms with Gasteiger partial charge in [-0.1, -0.05) is 13.0 Å². The first kappa shape index (κ1) is 16.8. The molecule has 2 N–H and O–H groups in total. The summed E-state index contributed by atoms with van der Waals surface area (Å²) in [4.78, 5) is 7.64. The van der Waals surface area contributed by atoms with Gasteiger partial charge in [-0.15, -0.1) is 0 Å². The van der Waals surface area contributed by atoms with Crippen LogP contribution in [0.2, 0.25) is 0 Å². The lowest BCUT2D eigenvalue weighted by Gasteiger charge is -2.10. The average molecular weight is 338 g/mol. The SMILES string of the molecule is CCCOc1cc(/C=N\Nc2nc3ccc(C)cc3[nH]2)ccc1OC. The molecule has 0 radical (unpaired) electrons. The number of methoxy groups -OCH3 is 1. The topological polar surface area (TPSA) is 71.5 Å². The molecule has 2 aromatic carbocycles. The number of H-pyrrole nitrogens is 1. The number of fused-ring (bicyclic) bond motifs is 1. The van der Waals surface area contributed by atoms with E-state index in [1.54, 1.807) is 13.3 Å². The highest BCUT2D eigenvalue weighted by Crippen LogP contribution is 2.27. The molecule has 0 spiro atoms. The van der Waals surface area contributed by atoms with Crippen LogP contribution in [-0.2, 0) is 0 Å². The third-order valence-corrected chi connectivity index (χ3v) is 3.67. The second-order valence-electron chi connectivity index (χ2n) is 5.73. The largest absolute Gasteiger partial charge is 0.493 e. The van der Waals surface area contributed by atoms with Crippen molar-refractivity contribution in [3.05, 3.63) is 47.5 Å². The van der Waals surface area contributed by atoms with E-state index in [1.165, 1.54) is 5.56 Å². The Balaban J connectivity index is 1.72. The normalized spacial score (nSPS) is 11.2. The van der Waals surface area contributed by atoms with Crippen LogP contribution in [0.25, 0.3) is 11.0 Å². The van der Waals surface area contributed by atoms with Crippen LogP contribution in [0.4, 0.5) is 5.95 Å². The molecular weight excluding hydrogens is 316 g/mol. The third kappa shape index (κ3) is 4.09. The number of nitrogens with one attached hydrogen (secondary N) is 2. The van der Waals surface area contributed by atoms with Gasteiger partial charge in [0.2, 0.25) is 5.95 Å². The maximum absolute atomic E-state index is 5.71. The minimum Gasteiger partial charge on any atom is -0.493 e. The summed E-state index contributed by atoms with van der Waals surface area (Å²) in [6, 6.07) is 11.8. The molecule has 0 aliphatic carbocycles. The minimum absolute atomic E-state index is 0.604. The lowest BCUT2D eigenvalue weighted by atomic mass is 10.2. The number of ether oxygens (including phenoxy) is 2. The molecule has 6 nitrogen and oxygen atoms in total. The number of hydrogen-bond acceptors (Lipinski definition) is 5. The summed E-state index contributed by atoms with van der Waals surface area (Å²) in [7, 11) is 1.63. The van der Waals surface area contributed by atoms with Crippen LogP contribution in [0.1, 0.15) is 24.5 Å². The molecule has 0 unspecified atom stereocenters. The predicted octanol–water partition coefficient (Wildman–Crippen LogP) is 4.11. The fraction of sp³-hybridized carbons (Fsp3) is 0.263. The quantitative estimate of drug-likeness (QED) is 0.502. The molecule has 25 heavy (non-hydrogen) atoms. The average Bonchev–Trinajstić information content (AvgIpc) is 3.01. The van der Waals surface area contributed by atoms with Gasteiger partial charge in [-0.2, -0.15) is 5.10 Å². The molecule has 0 atom stereocenters. The van der Waals surface area contributed by atoms with E-state index in [4.69, 9.17) is 9.47 Å². The van der Waals surface area contributed by atoms with Crippen molar-refractivity contribution in [2.75, 3.05) is 19.1 Å². The van der Waals surface area contributed by atoms with Crippen molar-refractivity contribution in [3.63, 3.8) is 0 Å². The molecular formula is C19H22N4O2. The first-order valence-corrected chi connectivity index (χ1v) is 8.26. The van der Waals surface area contributed by atoms with Crippen molar-refractivity contribution in [2.45, 2.75) is 20.3 Å². The summed E-state index contributed by atoms with van der Waals surface area (Å²) >= 11 is 0. The minimum atomic E-state index is 0.604. The summed E-state index contributed by atoms with van der Waals surface area (Å²) in [5.74, 6) is 2.03. The molecule has 6 heteroatoms. The zero-order valence-electron chi connectivity index (χ0n) is 14.7. The van der Waals surface area contributed by atoms with Crippen molar-refractivity contribution in [1.29, 1.82) is 0 Å². The first-order chi connectivity index (χ1) is 12.2. The van der Waals surface area contributed by atoms with E-state index in [2.05, 4.69) is 33.5 Å². The summed E-state index contributed by atoms with van der Waals surface area (Å²) < 4.78 is 11.0. The summed E-state index contributed by atoms with van der Waals surface area (Å²) in [5.41, 5.74) is 6.91. The number of aryl methyl sites for hydroxylation is 1. The van der Waals surface area contributed by atoms with Crippen molar-refractivity contribution >= 4 is 23.2 Å². The third-order valence-electron chi connectivity index (χ3n) is 3.67. The highest BCUT2D eigenvalue weighted by molar-refractivity contribution is 5.82. The van der Waals surface area contributed by atoms with Crippen molar-refractivity contribution < 1.29 is 9.47 Å². The summed E-state index contributed by atoms with van der Waals surface area (Å²) in [6.07, 6.45) is 2.66. The second kappa shape index (κ2) is 7.70. The van der Waals surface area contributed by atoms with Crippen LogP contribution < -0.4 is 14.9 Å². The molecule has 1 aromatic heterocycles. The zero-order valence-corrected chi connectivity index (χ0v) is 14.7. The molecule has 1 heterocycles. The predicted molar refractivity (Wildman–Crippen MR) is 101 cm³/mol. The number of imidazole rings is 1. The first-order valence-electron chi connectivity index (χ1n) is 8.26. The Morgan fingerprint density at radius 3 is 2.88 bits per heavy atom. The number of anilines is 1. The number of rotatable bonds is 7. The molecule has 0 saturated carbocycles. The molecule has 3 aromatic rings. The van der Waals surface area contributed by atoms with E-state index < -0.39 is 0 Å². The zero-order chi connectivity index (χ0) is 17.6. The molecule has 0 fully saturated rings.